The summed E-state index contributed by atoms with van der Waals surface area (Å²) in [5.74, 6) is 2.60. The van der Waals surface area contributed by atoms with E-state index >= 15 is 0 Å². The number of guanidine groups is 1. The van der Waals surface area contributed by atoms with Crippen molar-refractivity contribution in [2.24, 2.45) is 10.7 Å². The number of esters is 1. The lowest BCUT2D eigenvalue weighted by Crippen LogP contribution is -2.53. The van der Waals surface area contributed by atoms with Gasteiger partial charge in [-0.15, -0.1) is 12.4 Å². The molecule has 0 unspecified atom stereocenters. The fourth-order valence-corrected chi connectivity index (χ4v) is 4.65. The van der Waals surface area contributed by atoms with Crippen LogP contribution >= 0.6 is 24.6 Å². The molecule has 0 bridgehead atoms. The minimum Gasteiger partial charge on any atom is -0.497 e. The normalized spacial score (nSPS) is 13.2. The van der Waals surface area contributed by atoms with E-state index in [4.69, 9.17) is 46.4 Å². The molecule has 14 nitrogen and oxygen atoms in total. The molecule has 4 N–H and O–H groups in total. The number of aliphatic imine (C=N–C) groups is 1. The number of nitrogens with one attached hydrogen (secondary N) is 2. The van der Waals surface area contributed by atoms with E-state index in [0.29, 0.717) is 24.7 Å². The van der Waals surface area contributed by atoms with Crippen LogP contribution in [0.3, 0.4) is 0 Å². The van der Waals surface area contributed by atoms with Crippen LogP contribution in [0.15, 0.2) is 41.4 Å². The zero-order valence-electron chi connectivity index (χ0n) is 34.0. The molecule has 0 atom stereocenters. The van der Waals surface area contributed by atoms with Gasteiger partial charge in [-0.3, -0.25) is 19.8 Å². The molecule has 0 spiro atoms. The highest BCUT2D eigenvalue weighted by molar-refractivity contribution is 7.80. The minimum atomic E-state index is -0.664. The number of rotatable bonds is 11. The zero-order valence-corrected chi connectivity index (χ0v) is 35.6. The first kappa shape index (κ1) is 49.7. The zero-order chi connectivity index (χ0) is 40.6. The molecule has 2 aromatic carbocycles. The number of hydrogen-bond acceptors (Lipinski definition) is 12. The van der Waals surface area contributed by atoms with Crippen LogP contribution in [-0.2, 0) is 32.2 Å². The molecule has 0 saturated heterocycles. The molecule has 0 fully saturated rings. The van der Waals surface area contributed by atoms with Gasteiger partial charge >= 0.3 is 12.1 Å². The number of ether oxygens (including phenoxy) is 6. The Morgan fingerprint density at radius 2 is 1.44 bits per heavy atom. The van der Waals surface area contributed by atoms with Crippen molar-refractivity contribution in [3.63, 3.8) is 0 Å². The number of nitrogens with zero attached hydrogens (tertiary/aromatic N) is 2. The van der Waals surface area contributed by atoms with E-state index < -0.39 is 22.8 Å². The van der Waals surface area contributed by atoms with Crippen molar-refractivity contribution in [1.29, 1.82) is 0 Å². The van der Waals surface area contributed by atoms with Crippen molar-refractivity contribution in [3.8, 4) is 23.0 Å². The van der Waals surface area contributed by atoms with Crippen LogP contribution in [0.2, 0.25) is 0 Å². The average Bonchev–Trinajstić information content (AvgIpc) is 3.03. The number of hydrogen-bond donors (Lipinski definition) is 3. The van der Waals surface area contributed by atoms with Crippen LogP contribution in [0.1, 0.15) is 86.3 Å². The Labute approximate surface area is 332 Å². The first-order valence-electron chi connectivity index (χ1n) is 17.1. The molecule has 0 radical (unpaired) electrons. The number of carbonyl (C=O) groups excluding carboxylic acids is 3. The highest BCUT2D eigenvalue weighted by Gasteiger charge is 2.35. The van der Waals surface area contributed by atoms with E-state index in [0.717, 1.165) is 27.6 Å². The minimum absolute atomic E-state index is 0. The maximum Gasteiger partial charge on any atom is 0.414 e. The molecule has 1 aliphatic heterocycles. The van der Waals surface area contributed by atoms with Gasteiger partial charge in [0.25, 0.3) is 0 Å². The Hall–Kier alpha value is -4.34. The standard InChI is InChI=1S/C20H29N3O5.C11H15NO2S.C7H15NO2.ClH/c1-19(2,3)28-18(25)21-17-22-20(4,5)11-16(24)23(17)12-13-8-9-14(26-6)10-15(13)27-7;1-8(15)12-7-9-4-5-10(13-2)6-11(9)14-3;1-4-10-6(9)5-7(2,3)8;/h8-10H,11-12H2,1-7H3,(H,21,22,25);4-6H,7H2,1-3H3,(H,12,15);4-5,8H2,1-3H3;1H. The summed E-state index contributed by atoms with van der Waals surface area (Å²) in [6, 6.07) is 11.1. The van der Waals surface area contributed by atoms with Crippen molar-refractivity contribution in [2.75, 3.05) is 35.0 Å². The predicted molar refractivity (Wildman–Crippen MR) is 217 cm³/mol. The molecule has 3 rings (SSSR count). The summed E-state index contributed by atoms with van der Waals surface area (Å²) in [6.07, 6.45) is -0.158. The maximum atomic E-state index is 12.8. The SMILES string of the molecule is CCOC(=O)CC(C)(C)N.COc1ccc(CN2C(=O)CC(C)(C)N=C2NC(=O)OC(C)(C)C)c(OC)c1.COc1ccc(CNC(C)=S)c(OC)c1.Cl. The van der Waals surface area contributed by atoms with Gasteiger partial charge in [0.15, 0.2) is 0 Å². The lowest BCUT2D eigenvalue weighted by Gasteiger charge is -2.35. The Kier molecular flexibility index (Phi) is 20.9. The molecule has 0 saturated carbocycles. The molecule has 2 aromatic rings. The van der Waals surface area contributed by atoms with E-state index in [1.807, 2.05) is 45.0 Å². The molecule has 54 heavy (non-hydrogen) atoms. The Balaban J connectivity index is 0.000000903. The maximum absolute atomic E-state index is 12.8. The second-order valence-electron chi connectivity index (χ2n) is 14.3. The number of amides is 2. The third kappa shape index (κ3) is 19.1. The molecule has 304 valence electrons. The Morgan fingerprint density at radius 1 is 0.926 bits per heavy atom. The number of alkyl carbamates (subject to hydrolysis) is 1. The van der Waals surface area contributed by atoms with Crippen molar-refractivity contribution < 1.29 is 42.8 Å². The van der Waals surface area contributed by atoms with E-state index in [2.05, 4.69) is 15.6 Å². The molecular weight excluding hydrogens is 738 g/mol. The molecule has 16 heteroatoms. The van der Waals surface area contributed by atoms with Gasteiger partial charge in [0.1, 0.15) is 28.6 Å². The number of methoxy groups -OCH3 is 4. The van der Waals surface area contributed by atoms with E-state index in [1.165, 1.54) is 4.90 Å². The number of carbonyl (C=O) groups is 3. The van der Waals surface area contributed by atoms with Crippen LogP contribution in [0.4, 0.5) is 4.79 Å². The van der Waals surface area contributed by atoms with Gasteiger partial charge in [-0.05, 0) is 86.6 Å². The van der Waals surface area contributed by atoms with Crippen molar-refractivity contribution in [3.05, 3.63) is 47.5 Å². The molecular formula is C38H60ClN5O9S. The number of thiocarbonyl (C=S) groups is 1. The Morgan fingerprint density at radius 3 is 1.89 bits per heavy atom. The highest BCUT2D eigenvalue weighted by atomic mass is 35.5. The van der Waals surface area contributed by atoms with Crippen LogP contribution in [0, 0.1) is 0 Å². The molecule has 1 heterocycles. The molecule has 0 aromatic heterocycles. The molecule has 2 amide bonds. The highest BCUT2D eigenvalue weighted by Crippen LogP contribution is 2.29. The van der Waals surface area contributed by atoms with Crippen molar-refractivity contribution in [2.45, 2.75) is 105 Å². The predicted octanol–water partition coefficient (Wildman–Crippen LogP) is 6.33. The molecule has 0 aliphatic carbocycles. The molecule has 1 aliphatic rings. The van der Waals surface area contributed by atoms with Crippen molar-refractivity contribution >= 4 is 53.5 Å². The summed E-state index contributed by atoms with van der Waals surface area (Å²) < 4.78 is 31.0. The van der Waals surface area contributed by atoms with Gasteiger partial charge in [-0.25, -0.2) is 9.79 Å². The van der Waals surface area contributed by atoms with E-state index in [1.54, 1.807) is 82.1 Å². The largest absolute Gasteiger partial charge is 0.497 e. The lowest BCUT2D eigenvalue weighted by molar-refractivity contribution is -0.144. The first-order chi connectivity index (χ1) is 24.6. The summed E-state index contributed by atoms with van der Waals surface area (Å²) >= 11 is 4.95. The summed E-state index contributed by atoms with van der Waals surface area (Å²) in [7, 11) is 6.39. The van der Waals surface area contributed by atoms with E-state index in [-0.39, 0.29) is 49.6 Å². The van der Waals surface area contributed by atoms with Gasteiger partial charge in [-0.1, -0.05) is 12.2 Å². The van der Waals surface area contributed by atoms with E-state index in [9.17, 15) is 14.4 Å². The van der Waals surface area contributed by atoms with Gasteiger partial charge in [0.2, 0.25) is 11.9 Å². The van der Waals surface area contributed by atoms with Crippen LogP contribution < -0.4 is 35.3 Å². The summed E-state index contributed by atoms with van der Waals surface area (Å²) in [5, 5.41) is 5.70. The number of nitrogens with two attached hydrogens (primary N) is 1. The fourth-order valence-electron chi connectivity index (χ4n) is 4.58. The average molecular weight is 798 g/mol. The third-order valence-corrected chi connectivity index (χ3v) is 7.06. The van der Waals surface area contributed by atoms with Crippen molar-refractivity contribution in [1.82, 2.24) is 15.5 Å². The fraction of sp³-hybridized carbons (Fsp3) is 0.553. The first-order valence-corrected chi connectivity index (χ1v) is 17.5. The van der Waals surface area contributed by atoms with Crippen LogP contribution in [-0.4, -0.2) is 85.5 Å². The van der Waals surface area contributed by atoms with Gasteiger partial charge in [0.05, 0.1) is 65.0 Å². The summed E-state index contributed by atoms with van der Waals surface area (Å²) in [5.41, 5.74) is 5.64. The third-order valence-electron chi connectivity index (χ3n) is 6.91. The van der Waals surface area contributed by atoms with Gasteiger partial charge in [0, 0.05) is 35.3 Å². The summed E-state index contributed by atoms with van der Waals surface area (Å²) in [4.78, 5) is 42.6. The van der Waals surface area contributed by atoms with Crippen LogP contribution in [0.25, 0.3) is 0 Å². The lowest BCUT2D eigenvalue weighted by atomic mass is 9.99. The Bertz CT molecular complexity index is 1570. The smallest absolute Gasteiger partial charge is 0.414 e. The van der Waals surface area contributed by atoms with Gasteiger partial charge in [-0.2, -0.15) is 0 Å². The van der Waals surface area contributed by atoms with Crippen LogP contribution in [0.5, 0.6) is 23.0 Å². The number of benzene rings is 2. The van der Waals surface area contributed by atoms with Gasteiger partial charge < -0.3 is 39.5 Å². The summed E-state index contributed by atoms with van der Waals surface area (Å²) in [6.45, 7) is 17.5. The topological polar surface area (TPSA) is 172 Å². The monoisotopic (exact) mass is 797 g/mol. The number of halogens is 1. The second kappa shape index (κ2) is 22.8. The second-order valence-corrected chi connectivity index (χ2v) is 14.9. The quantitative estimate of drug-likeness (QED) is 0.171.